The van der Waals surface area contributed by atoms with Crippen LogP contribution in [0.25, 0.3) is 0 Å². The van der Waals surface area contributed by atoms with Crippen molar-refractivity contribution in [1.82, 2.24) is 9.97 Å². The van der Waals surface area contributed by atoms with Gasteiger partial charge < -0.3 is 10.1 Å². The van der Waals surface area contributed by atoms with Gasteiger partial charge in [-0.05, 0) is 55.2 Å². The Kier molecular flexibility index (Phi) is 7.91. The van der Waals surface area contributed by atoms with Crippen molar-refractivity contribution < 1.29 is 13.9 Å². The van der Waals surface area contributed by atoms with Crippen LogP contribution in [0.1, 0.15) is 29.8 Å². The number of nitriles is 1. The van der Waals surface area contributed by atoms with E-state index >= 15 is 0 Å². The van der Waals surface area contributed by atoms with Gasteiger partial charge in [0, 0.05) is 5.69 Å². The summed E-state index contributed by atoms with van der Waals surface area (Å²) in [5.41, 5.74) is 2.29. The van der Waals surface area contributed by atoms with Crippen molar-refractivity contribution in [1.29, 1.82) is 5.26 Å². The van der Waals surface area contributed by atoms with Crippen LogP contribution in [0.4, 0.5) is 10.1 Å². The largest absolute Gasteiger partial charge is 0.492 e. The minimum absolute atomic E-state index is 0.0304. The Bertz CT molecular complexity index is 1070. The van der Waals surface area contributed by atoms with E-state index in [-0.39, 0.29) is 23.8 Å². The molecule has 31 heavy (non-hydrogen) atoms. The Morgan fingerprint density at radius 1 is 1.13 bits per heavy atom. The third kappa shape index (κ3) is 7.05. The summed E-state index contributed by atoms with van der Waals surface area (Å²) >= 11 is 6.27. The maximum absolute atomic E-state index is 12.9. The monoisotopic (exact) mass is 438 g/mol. The van der Waals surface area contributed by atoms with Gasteiger partial charge in [-0.2, -0.15) is 5.26 Å². The van der Waals surface area contributed by atoms with E-state index in [1.54, 1.807) is 30.3 Å². The predicted molar refractivity (Wildman–Crippen MR) is 115 cm³/mol. The number of nitrogens with zero attached hydrogens (tertiary/aromatic N) is 3. The second-order valence-electron chi connectivity index (χ2n) is 6.81. The average molecular weight is 439 g/mol. The SMILES string of the molecule is N#Cc1cnc(CC(=O)Nc2ccc(OCCCCc3ccc(F)cc3)c(Cl)c2)cn1. The standard InChI is InChI=1S/C23H20ClFN4O2/c24-21-11-18(29-23(30)12-19-14-28-20(13-26)15-27-19)8-9-22(21)31-10-2-1-3-16-4-6-17(25)7-5-16/h4-9,11,14-15H,1-3,10,12H2,(H,29,30). The Morgan fingerprint density at radius 2 is 1.94 bits per heavy atom. The number of benzene rings is 2. The molecular weight excluding hydrogens is 419 g/mol. The van der Waals surface area contributed by atoms with Crippen LogP contribution in [-0.4, -0.2) is 22.5 Å². The van der Waals surface area contributed by atoms with E-state index in [4.69, 9.17) is 21.6 Å². The van der Waals surface area contributed by atoms with Gasteiger partial charge >= 0.3 is 0 Å². The number of hydrogen-bond donors (Lipinski definition) is 1. The number of amides is 1. The van der Waals surface area contributed by atoms with Crippen LogP contribution in [0, 0.1) is 17.1 Å². The minimum atomic E-state index is -0.274. The van der Waals surface area contributed by atoms with Gasteiger partial charge in [-0.15, -0.1) is 0 Å². The van der Waals surface area contributed by atoms with Crippen LogP contribution < -0.4 is 10.1 Å². The van der Waals surface area contributed by atoms with Crippen molar-refractivity contribution in [3.63, 3.8) is 0 Å². The van der Waals surface area contributed by atoms with E-state index in [1.165, 1.54) is 24.5 Å². The number of aromatic nitrogens is 2. The van der Waals surface area contributed by atoms with Crippen LogP contribution in [0.5, 0.6) is 5.75 Å². The number of anilines is 1. The van der Waals surface area contributed by atoms with E-state index in [1.807, 2.05) is 6.07 Å². The van der Waals surface area contributed by atoms with Crippen molar-refractivity contribution in [3.8, 4) is 11.8 Å². The molecule has 1 heterocycles. The first-order valence-electron chi connectivity index (χ1n) is 9.71. The van der Waals surface area contributed by atoms with E-state index in [0.29, 0.717) is 28.8 Å². The van der Waals surface area contributed by atoms with Gasteiger partial charge in [-0.3, -0.25) is 9.78 Å². The summed E-state index contributed by atoms with van der Waals surface area (Å²) in [7, 11) is 0. The Hall–Kier alpha value is -3.50. The first kappa shape index (κ1) is 22.2. The van der Waals surface area contributed by atoms with E-state index in [2.05, 4.69) is 15.3 Å². The lowest BCUT2D eigenvalue weighted by Gasteiger charge is -2.10. The molecule has 1 amide bonds. The lowest BCUT2D eigenvalue weighted by atomic mass is 10.1. The molecule has 3 rings (SSSR count). The molecule has 0 spiro atoms. The molecule has 0 aliphatic rings. The predicted octanol–water partition coefficient (Wildman–Crippen LogP) is 4.72. The normalized spacial score (nSPS) is 10.4. The smallest absolute Gasteiger partial charge is 0.230 e. The number of hydrogen-bond acceptors (Lipinski definition) is 5. The first-order chi connectivity index (χ1) is 15.0. The van der Waals surface area contributed by atoms with Crippen molar-refractivity contribution in [3.05, 3.63) is 82.6 Å². The number of carbonyl (C=O) groups is 1. The molecule has 0 fully saturated rings. The second kappa shape index (κ2) is 11.0. The zero-order chi connectivity index (χ0) is 22.1. The average Bonchev–Trinajstić information content (AvgIpc) is 2.76. The van der Waals surface area contributed by atoms with E-state index < -0.39 is 0 Å². The molecule has 8 heteroatoms. The molecule has 0 aliphatic carbocycles. The van der Waals surface area contributed by atoms with Gasteiger partial charge in [0.15, 0.2) is 5.69 Å². The van der Waals surface area contributed by atoms with Gasteiger partial charge in [0.2, 0.25) is 5.91 Å². The number of rotatable bonds is 9. The van der Waals surface area contributed by atoms with Crippen LogP contribution >= 0.6 is 11.6 Å². The van der Waals surface area contributed by atoms with Crippen molar-refractivity contribution in [2.24, 2.45) is 0 Å². The van der Waals surface area contributed by atoms with Crippen LogP contribution in [0.15, 0.2) is 54.9 Å². The Morgan fingerprint density at radius 3 is 2.61 bits per heavy atom. The number of aryl methyl sites for hydroxylation is 1. The molecule has 0 saturated carbocycles. The highest BCUT2D eigenvalue weighted by molar-refractivity contribution is 6.32. The zero-order valence-corrected chi connectivity index (χ0v) is 17.4. The summed E-state index contributed by atoms with van der Waals surface area (Å²) in [5.74, 6) is 0.0354. The third-order valence-corrected chi connectivity index (χ3v) is 4.70. The summed E-state index contributed by atoms with van der Waals surface area (Å²) in [6, 6.07) is 13.4. The van der Waals surface area contributed by atoms with Gasteiger partial charge in [-0.1, -0.05) is 23.7 Å². The Labute approximate surface area is 184 Å². The molecule has 6 nitrogen and oxygen atoms in total. The fourth-order valence-electron chi connectivity index (χ4n) is 2.83. The first-order valence-corrected chi connectivity index (χ1v) is 10.1. The molecule has 0 unspecified atom stereocenters. The molecule has 3 aromatic rings. The number of halogens is 2. The molecule has 0 radical (unpaired) electrons. The maximum Gasteiger partial charge on any atom is 0.230 e. The van der Waals surface area contributed by atoms with Crippen molar-refractivity contribution in [2.45, 2.75) is 25.7 Å². The summed E-state index contributed by atoms with van der Waals surface area (Å²) in [6.07, 6.45) is 5.35. The van der Waals surface area contributed by atoms with Crippen molar-refractivity contribution >= 4 is 23.2 Å². The van der Waals surface area contributed by atoms with E-state index in [9.17, 15) is 9.18 Å². The van der Waals surface area contributed by atoms with Crippen molar-refractivity contribution in [2.75, 3.05) is 11.9 Å². The van der Waals surface area contributed by atoms with Gasteiger partial charge in [0.1, 0.15) is 17.6 Å². The highest BCUT2D eigenvalue weighted by Crippen LogP contribution is 2.28. The lowest BCUT2D eigenvalue weighted by Crippen LogP contribution is -2.15. The van der Waals surface area contributed by atoms with E-state index in [0.717, 1.165) is 24.8 Å². The molecular formula is C23H20ClFN4O2. The summed E-state index contributed by atoms with van der Waals surface area (Å²) < 4.78 is 18.6. The highest BCUT2D eigenvalue weighted by Gasteiger charge is 2.09. The molecule has 158 valence electrons. The molecule has 0 saturated heterocycles. The molecule has 1 N–H and O–H groups in total. The van der Waals surface area contributed by atoms with Gasteiger partial charge in [-0.25, -0.2) is 9.37 Å². The summed E-state index contributed by atoms with van der Waals surface area (Å²) in [6.45, 7) is 0.504. The van der Waals surface area contributed by atoms with Crippen LogP contribution in [-0.2, 0) is 17.6 Å². The van der Waals surface area contributed by atoms with Crippen LogP contribution in [0.3, 0.4) is 0 Å². The topological polar surface area (TPSA) is 87.9 Å². The lowest BCUT2D eigenvalue weighted by molar-refractivity contribution is -0.115. The zero-order valence-electron chi connectivity index (χ0n) is 16.6. The second-order valence-corrected chi connectivity index (χ2v) is 7.21. The number of nitrogens with one attached hydrogen (secondary N) is 1. The fraction of sp³-hybridized carbons (Fsp3) is 0.217. The quantitative estimate of drug-likeness (QED) is 0.488. The van der Waals surface area contributed by atoms with Gasteiger partial charge in [0.25, 0.3) is 0 Å². The molecule has 2 aromatic carbocycles. The third-order valence-electron chi connectivity index (χ3n) is 4.41. The Balaban J connectivity index is 1.42. The fourth-order valence-corrected chi connectivity index (χ4v) is 3.07. The number of ether oxygens (including phenoxy) is 1. The number of carbonyl (C=O) groups excluding carboxylic acids is 1. The highest BCUT2D eigenvalue weighted by atomic mass is 35.5. The summed E-state index contributed by atoms with van der Waals surface area (Å²) in [5, 5.41) is 11.9. The summed E-state index contributed by atoms with van der Waals surface area (Å²) in [4.78, 5) is 20.1. The van der Waals surface area contributed by atoms with Crippen LogP contribution in [0.2, 0.25) is 5.02 Å². The molecule has 1 aromatic heterocycles. The minimum Gasteiger partial charge on any atom is -0.492 e. The molecule has 0 bridgehead atoms. The van der Waals surface area contributed by atoms with Gasteiger partial charge in [0.05, 0.1) is 36.1 Å². The molecule has 0 atom stereocenters. The maximum atomic E-state index is 12.9. The number of unbranched alkanes of at least 4 members (excludes halogenated alkanes) is 1. The molecule has 0 aliphatic heterocycles.